The molecule has 0 N–H and O–H groups in total. The highest BCUT2D eigenvalue weighted by Crippen LogP contribution is 2.15. The first-order valence-electron chi connectivity index (χ1n) is 29.2. The first kappa shape index (κ1) is 66.3. The number of allylic oxidation sites excluding steroid dienone is 16. The predicted molar refractivity (Wildman–Crippen MR) is 302 cm³/mol. The zero-order valence-electron chi connectivity index (χ0n) is 45.8. The number of carbonyl (C=O) groups is 3. The highest BCUT2D eigenvalue weighted by Gasteiger charge is 2.19. The first-order valence-corrected chi connectivity index (χ1v) is 29.2. The number of ether oxygens (including phenoxy) is 3. The maximum Gasteiger partial charge on any atom is 0.306 e. The third-order valence-corrected chi connectivity index (χ3v) is 12.3. The summed E-state index contributed by atoms with van der Waals surface area (Å²) >= 11 is 0. The fourth-order valence-electron chi connectivity index (χ4n) is 7.91. The van der Waals surface area contributed by atoms with Crippen molar-refractivity contribution in [2.24, 2.45) is 0 Å². The molecule has 0 heterocycles. The van der Waals surface area contributed by atoms with Crippen LogP contribution >= 0.6 is 0 Å². The third kappa shape index (κ3) is 55.3. The van der Waals surface area contributed by atoms with Gasteiger partial charge in [0.25, 0.3) is 0 Å². The van der Waals surface area contributed by atoms with Crippen LogP contribution in [0.2, 0.25) is 0 Å². The summed E-state index contributed by atoms with van der Waals surface area (Å²) in [5.41, 5.74) is 0. The van der Waals surface area contributed by atoms with Crippen molar-refractivity contribution in [3.63, 3.8) is 0 Å². The normalized spacial score (nSPS) is 12.8. The van der Waals surface area contributed by atoms with Gasteiger partial charge in [0.05, 0.1) is 0 Å². The molecule has 0 spiro atoms. The van der Waals surface area contributed by atoms with Crippen LogP contribution < -0.4 is 0 Å². The number of unbranched alkanes of at least 4 members (excludes halogenated alkanes) is 25. The van der Waals surface area contributed by atoms with Gasteiger partial charge in [-0.25, -0.2) is 0 Å². The van der Waals surface area contributed by atoms with Crippen molar-refractivity contribution >= 4 is 17.9 Å². The van der Waals surface area contributed by atoms with Gasteiger partial charge in [-0.15, -0.1) is 0 Å². The molecule has 1 unspecified atom stereocenters. The van der Waals surface area contributed by atoms with Gasteiger partial charge in [-0.05, 0) is 116 Å². The number of carbonyl (C=O) groups excluding carboxylic acids is 3. The molecule has 0 radical (unpaired) electrons. The van der Waals surface area contributed by atoms with Gasteiger partial charge in [-0.1, -0.05) is 234 Å². The summed E-state index contributed by atoms with van der Waals surface area (Å²) in [7, 11) is 0. The van der Waals surface area contributed by atoms with Crippen LogP contribution in [0.3, 0.4) is 0 Å². The smallest absolute Gasteiger partial charge is 0.306 e. The zero-order chi connectivity index (χ0) is 50.7. The minimum absolute atomic E-state index is 0.104. The van der Waals surface area contributed by atoms with Crippen LogP contribution in [0.25, 0.3) is 0 Å². The number of rotatable bonds is 52. The fraction of sp³-hybridized carbons (Fsp3) is 0.703. The van der Waals surface area contributed by atoms with Gasteiger partial charge in [0.2, 0.25) is 0 Å². The van der Waals surface area contributed by atoms with Crippen LogP contribution in [0.1, 0.15) is 271 Å². The molecule has 0 fully saturated rings. The molecule has 0 aromatic heterocycles. The Labute approximate surface area is 432 Å². The van der Waals surface area contributed by atoms with E-state index in [1.807, 2.05) is 0 Å². The molecule has 6 nitrogen and oxygen atoms in total. The first-order chi connectivity index (χ1) is 34.5. The molecule has 0 aliphatic carbocycles. The Kier molecular flexibility index (Phi) is 54.9. The quantitative estimate of drug-likeness (QED) is 0.0262. The molecule has 400 valence electrons. The number of esters is 3. The van der Waals surface area contributed by atoms with Crippen LogP contribution in [0.4, 0.5) is 0 Å². The monoisotopic (exact) mass is 973 g/mol. The van der Waals surface area contributed by atoms with Crippen molar-refractivity contribution in [1.82, 2.24) is 0 Å². The summed E-state index contributed by atoms with van der Waals surface area (Å²) in [5, 5.41) is 0. The summed E-state index contributed by atoms with van der Waals surface area (Å²) < 4.78 is 16.8. The summed E-state index contributed by atoms with van der Waals surface area (Å²) in [6.45, 7) is 6.44. The van der Waals surface area contributed by atoms with Crippen molar-refractivity contribution < 1.29 is 28.6 Å². The Morgan fingerprint density at radius 1 is 0.300 bits per heavy atom. The minimum Gasteiger partial charge on any atom is -0.462 e. The standard InChI is InChI=1S/C64H108O6/c1-4-7-10-13-16-19-22-25-27-29-30-31-32-33-34-36-37-39-42-45-48-51-54-57-63(66)69-60-61(59-68-62(65)56-53-50-47-44-41-24-21-18-15-12-9-6-3)70-64(67)58-55-52-49-46-43-40-38-35-28-26-23-20-17-14-11-8-5-2/h8,11,17-18,20-22,25-26,28-30,38,40,46,49,61H,4-7,9-10,12-16,19,23-24,27,31-37,39,41-45,47-48,50-60H2,1-3H3/b11-8-,20-17-,21-18-,25-22-,28-26-,30-29-,40-38-,49-46-. The largest absolute Gasteiger partial charge is 0.462 e. The maximum atomic E-state index is 12.8. The second-order valence-corrected chi connectivity index (χ2v) is 19.2. The van der Waals surface area contributed by atoms with Crippen molar-refractivity contribution in [3.8, 4) is 0 Å². The lowest BCUT2D eigenvalue weighted by Gasteiger charge is -2.18. The van der Waals surface area contributed by atoms with Crippen LogP contribution in [-0.4, -0.2) is 37.2 Å². The van der Waals surface area contributed by atoms with Gasteiger partial charge in [0, 0.05) is 19.3 Å². The fourth-order valence-corrected chi connectivity index (χ4v) is 7.91. The topological polar surface area (TPSA) is 78.9 Å². The Morgan fingerprint density at radius 3 is 0.957 bits per heavy atom. The van der Waals surface area contributed by atoms with E-state index in [4.69, 9.17) is 14.2 Å². The lowest BCUT2D eigenvalue weighted by molar-refractivity contribution is -0.167. The molecule has 0 rings (SSSR count). The average molecular weight is 974 g/mol. The van der Waals surface area contributed by atoms with Crippen molar-refractivity contribution in [2.45, 2.75) is 277 Å². The van der Waals surface area contributed by atoms with Crippen LogP contribution in [0, 0.1) is 0 Å². The third-order valence-electron chi connectivity index (χ3n) is 12.3. The van der Waals surface area contributed by atoms with E-state index in [0.717, 1.165) is 96.3 Å². The molecule has 0 amide bonds. The summed E-state index contributed by atoms with van der Waals surface area (Å²) in [6.07, 6.45) is 77.0. The summed E-state index contributed by atoms with van der Waals surface area (Å²) in [6, 6.07) is 0. The van der Waals surface area contributed by atoms with E-state index in [9.17, 15) is 14.4 Å². The van der Waals surface area contributed by atoms with Gasteiger partial charge in [-0.2, -0.15) is 0 Å². The average Bonchev–Trinajstić information content (AvgIpc) is 3.36. The Bertz CT molecular complexity index is 1400. The van der Waals surface area contributed by atoms with Gasteiger partial charge in [-0.3, -0.25) is 14.4 Å². The Morgan fingerprint density at radius 2 is 0.571 bits per heavy atom. The van der Waals surface area contributed by atoms with Crippen molar-refractivity contribution in [3.05, 3.63) is 97.2 Å². The van der Waals surface area contributed by atoms with E-state index in [1.165, 1.54) is 128 Å². The van der Waals surface area contributed by atoms with Gasteiger partial charge in [0.15, 0.2) is 6.10 Å². The van der Waals surface area contributed by atoms with Crippen molar-refractivity contribution in [1.29, 1.82) is 0 Å². The Hall–Kier alpha value is -3.67. The maximum absolute atomic E-state index is 12.8. The van der Waals surface area contributed by atoms with Crippen LogP contribution in [0.15, 0.2) is 97.2 Å². The molecule has 0 aromatic carbocycles. The van der Waals surface area contributed by atoms with E-state index in [2.05, 4.69) is 118 Å². The van der Waals surface area contributed by atoms with E-state index >= 15 is 0 Å². The molecule has 0 bridgehead atoms. The van der Waals surface area contributed by atoms with Gasteiger partial charge < -0.3 is 14.2 Å². The molecule has 0 aromatic rings. The minimum atomic E-state index is -0.812. The lowest BCUT2D eigenvalue weighted by atomic mass is 10.0. The molecule has 1 atom stereocenters. The molecule has 0 saturated carbocycles. The molecule has 0 saturated heterocycles. The molecular formula is C64H108O6. The number of hydrogen-bond acceptors (Lipinski definition) is 6. The van der Waals surface area contributed by atoms with E-state index in [1.54, 1.807) is 0 Å². The molecule has 0 aliphatic rings. The second kappa shape index (κ2) is 57.9. The summed E-state index contributed by atoms with van der Waals surface area (Å²) in [4.78, 5) is 38.1. The number of hydrogen-bond donors (Lipinski definition) is 0. The Balaban J connectivity index is 4.39. The molecule has 70 heavy (non-hydrogen) atoms. The van der Waals surface area contributed by atoms with E-state index in [-0.39, 0.29) is 37.5 Å². The summed E-state index contributed by atoms with van der Waals surface area (Å²) in [5.74, 6) is -0.972. The van der Waals surface area contributed by atoms with E-state index in [0.29, 0.717) is 19.3 Å². The molecule has 0 aliphatic heterocycles. The molecule has 6 heteroatoms. The molecular weight excluding hydrogens is 865 g/mol. The van der Waals surface area contributed by atoms with Gasteiger partial charge >= 0.3 is 17.9 Å². The van der Waals surface area contributed by atoms with Gasteiger partial charge in [0.1, 0.15) is 13.2 Å². The van der Waals surface area contributed by atoms with Crippen LogP contribution in [-0.2, 0) is 28.6 Å². The SMILES string of the molecule is CC/C=C\C/C=C\C/C=C\C/C=C\C/C=C\CCCC(=O)OC(COC(=O)CCCCCCC/C=C\CCCCC)COC(=O)CCCCCCCCCCCCC/C=C\C/C=C\CCCCCCC. The zero-order valence-corrected chi connectivity index (χ0v) is 45.8. The van der Waals surface area contributed by atoms with Crippen molar-refractivity contribution in [2.75, 3.05) is 13.2 Å². The highest BCUT2D eigenvalue weighted by molar-refractivity contribution is 5.71. The second-order valence-electron chi connectivity index (χ2n) is 19.2. The van der Waals surface area contributed by atoms with E-state index < -0.39 is 6.10 Å². The predicted octanol–water partition coefficient (Wildman–Crippen LogP) is 19.7. The highest BCUT2D eigenvalue weighted by atomic mass is 16.6. The van der Waals surface area contributed by atoms with Crippen LogP contribution in [0.5, 0.6) is 0 Å². The lowest BCUT2D eigenvalue weighted by Crippen LogP contribution is -2.30.